The summed E-state index contributed by atoms with van der Waals surface area (Å²) in [5.41, 5.74) is 1.78. The van der Waals surface area contributed by atoms with Gasteiger partial charge >= 0.3 is 0 Å². The lowest BCUT2D eigenvalue weighted by Crippen LogP contribution is -2.37. The lowest BCUT2D eigenvalue weighted by atomic mass is 10.2. The average Bonchev–Trinajstić information content (AvgIpc) is 3.12. The van der Waals surface area contributed by atoms with Crippen LogP contribution < -0.4 is 10.6 Å². The van der Waals surface area contributed by atoms with E-state index in [0.717, 1.165) is 22.7 Å². The minimum absolute atomic E-state index is 0.0254. The molecule has 0 spiro atoms. The Kier molecular flexibility index (Phi) is 5.27. The van der Waals surface area contributed by atoms with Gasteiger partial charge in [-0.2, -0.15) is 0 Å². The first-order valence-electron chi connectivity index (χ1n) is 8.95. The predicted octanol–water partition coefficient (Wildman–Crippen LogP) is 3.86. The number of thioether (sulfide) groups is 1. The number of benzene rings is 2. The molecule has 0 aliphatic carbocycles. The molecule has 2 aliphatic heterocycles. The van der Waals surface area contributed by atoms with Gasteiger partial charge in [0, 0.05) is 41.2 Å². The van der Waals surface area contributed by atoms with E-state index >= 15 is 0 Å². The molecular formula is C20H20ClN3O2S. The van der Waals surface area contributed by atoms with Gasteiger partial charge in [-0.25, -0.2) is 0 Å². The number of para-hydroxylation sites is 1. The van der Waals surface area contributed by atoms with E-state index in [-0.39, 0.29) is 24.3 Å². The second-order valence-electron chi connectivity index (χ2n) is 6.78. The van der Waals surface area contributed by atoms with E-state index < -0.39 is 5.25 Å². The van der Waals surface area contributed by atoms with Crippen LogP contribution in [0, 0.1) is 0 Å². The molecule has 1 saturated heterocycles. The average molecular weight is 402 g/mol. The first-order chi connectivity index (χ1) is 13.1. The molecule has 2 aromatic carbocycles. The van der Waals surface area contributed by atoms with E-state index in [1.54, 1.807) is 12.1 Å². The van der Waals surface area contributed by atoms with Crippen molar-refractivity contribution in [2.75, 3.05) is 23.7 Å². The molecule has 2 aromatic rings. The Morgan fingerprint density at radius 1 is 1.26 bits per heavy atom. The van der Waals surface area contributed by atoms with Crippen LogP contribution in [0.2, 0.25) is 5.02 Å². The lowest BCUT2D eigenvalue weighted by molar-refractivity contribution is -0.131. The largest absolute Gasteiger partial charge is 0.380 e. The number of carbonyl (C=O) groups excluding carboxylic acids is 2. The molecule has 2 aliphatic rings. The molecular weight excluding hydrogens is 382 g/mol. The van der Waals surface area contributed by atoms with Gasteiger partial charge in [-0.15, -0.1) is 11.8 Å². The van der Waals surface area contributed by atoms with Crippen LogP contribution in [-0.4, -0.2) is 41.1 Å². The van der Waals surface area contributed by atoms with E-state index in [4.69, 9.17) is 11.6 Å². The Hall–Kier alpha value is -2.18. The smallest absolute Gasteiger partial charge is 0.238 e. The molecule has 27 heavy (non-hydrogen) atoms. The number of amides is 2. The molecule has 0 bridgehead atoms. The number of nitrogens with zero attached hydrogens (tertiary/aromatic N) is 1. The number of carbonyl (C=O) groups is 2. The number of likely N-dealkylation sites (tertiary alicyclic amines) is 1. The Morgan fingerprint density at radius 2 is 2.07 bits per heavy atom. The summed E-state index contributed by atoms with van der Waals surface area (Å²) in [6, 6.07) is 15.7. The zero-order chi connectivity index (χ0) is 18.8. The topological polar surface area (TPSA) is 61.4 Å². The van der Waals surface area contributed by atoms with Crippen LogP contribution in [0.25, 0.3) is 0 Å². The fourth-order valence-corrected chi connectivity index (χ4v) is 4.67. The lowest BCUT2D eigenvalue weighted by Gasteiger charge is -2.25. The summed E-state index contributed by atoms with van der Waals surface area (Å²) in [4.78, 5) is 27.9. The van der Waals surface area contributed by atoms with E-state index in [9.17, 15) is 9.59 Å². The van der Waals surface area contributed by atoms with Crippen LogP contribution in [0.5, 0.6) is 0 Å². The number of fused-ring (bicyclic) bond motifs is 1. The van der Waals surface area contributed by atoms with Crippen molar-refractivity contribution in [3.8, 4) is 0 Å². The fraction of sp³-hybridized carbons (Fsp3) is 0.300. The van der Waals surface area contributed by atoms with Crippen LogP contribution in [0.3, 0.4) is 0 Å². The Labute approximate surface area is 167 Å². The maximum atomic E-state index is 12.7. The molecule has 2 unspecified atom stereocenters. The van der Waals surface area contributed by atoms with Crippen molar-refractivity contribution < 1.29 is 9.59 Å². The number of hydrogen-bond acceptors (Lipinski definition) is 4. The van der Waals surface area contributed by atoms with Crippen LogP contribution in [-0.2, 0) is 9.59 Å². The van der Waals surface area contributed by atoms with E-state index in [2.05, 4.69) is 10.6 Å². The van der Waals surface area contributed by atoms with Gasteiger partial charge in [-0.3, -0.25) is 9.59 Å². The summed E-state index contributed by atoms with van der Waals surface area (Å²) in [6.45, 7) is 1.38. The first-order valence-corrected chi connectivity index (χ1v) is 10.2. The third kappa shape index (κ3) is 4.22. The SMILES string of the molecule is O=C1Nc2cc(Cl)ccc2SC1CC(=O)N1CCC(Nc2ccccc2)C1. The van der Waals surface area contributed by atoms with Gasteiger partial charge in [-0.05, 0) is 36.8 Å². The molecule has 0 saturated carbocycles. The zero-order valence-corrected chi connectivity index (χ0v) is 16.2. The first kappa shape index (κ1) is 18.2. The van der Waals surface area contributed by atoms with Gasteiger partial charge in [0.15, 0.2) is 0 Å². The molecule has 2 amide bonds. The van der Waals surface area contributed by atoms with Gasteiger partial charge in [-0.1, -0.05) is 29.8 Å². The Morgan fingerprint density at radius 3 is 2.89 bits per heavy atom. The Balaban J connectivity index is 1.34. The highest BCUT2D eigenvalue weighted by Gasteiger charge is 2.33. The van der Waals surface area contributed by atoms with E-state index in [1.165, 1.54) is 11.8 Å². The van der Waals surface area contributed by atoms with Crippen LogP contribution in [0.15, 0.2) is 53.4 Å². The number of hydrogen-bond donors (Lipinski definition) is 2. The van der Waals surface area contributed by atoms with Crippen LogP contribution in [0.4, 0.5) is 11.4 Å². The normalized spacial score (nSPS) is 21.5. The number of halogens is 1. The van der Waals surface area contributed by atoms with Crippen molar-refractivity contribution in [2.24, 2.45) is 0 Å². The van der Waals surface area contributed by atoms with Crippen molar-refractivity contribution in [1.82, 2.24) is 4.90 Å². The maximum Gasteiger partial charge on any atom is 0.238 e. The summed E-state index contributed by atoms with van der Waals surface area (Å²) in [7, 11) is 0. The molecule has 140 valence electrons. The summed E-state index contributed by atoms with van der Waals surface area (Å²) in [5.74, 6) is -0.112. The predicted molar refractivity (Wildman–Crippen MR) is 109 cm³/mol. The molecule has 0 aromatic heterocycles. The minimum Gasteiger partial charge on any atom is -0.380 e. The van der Waals surface area contributed by atoms with Gasteiger partial charge in [0.2, 0.25) is 11.8 Å². The number of anilines is 2. The monoisotopic (exact) mass is 401 g/mol. The van der Waals surface area contributed by atoms with Gasteiger partial charge in [0.05, 0.1) is 10.9 Å². The number of rotatable bonds is 4. The maximum absolute atomic E-state index is 12.7. The second-order valence-corrected chi connectivity index (χ2v) is 8.46. The third-order valence-electron chi connectivity index (χ3n) is 4.81. The molecule has 2 N–H and O–H groups in total. The summed E-state index contributed by atoms with van der Waals surface area (Å²) < 4.78 is 0. The van der Waals surface area contributed by atoms with Crippen molar-refractivity contribution in [1.29, 1.82) is 0 Å². The van der Waals surface area contributed by atoms with Crippen molar-refractivity contribution in [2.45, 2.75) is 29.0 Å². The minimum atomic E-state index is -0.410. The second kappa shape index (κ2) is 7.82. The highest BCUT2D eigenvalue weighted by molar-refractivity contribution is 8.01. The molecule has 0 radical (unpaired) electrons. The fourth-order valence-electron chi connectivity index (χ4n) is 3.42. The van der Waals surface area contributed by atoms with Gasteiger partial charge in [0.25, 0.3) is 0 Å². The highest BCUT2D eigenvalue weighted by atomic mass is 35.5. The number of nitrogens with one attached hydrogen (secondary N) is 2. The molecule has 4 rings (SSSR count). The van der Waals surface area contributed by atoms with Crippen molar-refractivity contribution in [3.05, 3.63) is 53.6 Å². The van der Waals surface area contributed by atoms with E-state index in [0.29, 0.717) is 18.1 Å². The van der Waals surface area contributed by atoms with Gasteiger partial charge in [0.1, 0.15) is 0 Å². The van der Waals surface area contributed by atoms with Crippen molar-refractivity contribution in [3.63, 3.8) is 0 Å². The quantitative estimate of drug-likeness (QED) is 0.816. The molecule has 7 heteroatoms. The van der Waals surface area contributed by atoms with E-state index in [1.807, 2.05) is 41.3 Å². The Bertz CT molecular complexity index is 862. The highest BCUT2D eigenvalue weighted by Crippen LogP contribution is 2.38. The van der Waals surface area contributed by atoms with Crippen molar-refractivity contribution >= 4 is 46.6 Å². The van der Waals surface area contributed by atoms with Crippen LogP contribution >= 0.6 is 23.4 Å². The molecule has 5 nitrogen and oxygen atoms in total. The molecule has 2 heterocycles. The van der Waals surface area contributed by atoms with Gasteiger partial charge < -0.3 is 15.5 Å². The zero-order valence-electron chi connectivity index (χ0n) is 14.7. The summed E-state index contributed by atoms with van der Waals surface area (Å²) >= 11 is 7.41. The standard InChI is InChI=1S/C20H20ClN3O2S/c21-13-6-7-17-16(10-13)23-20(26)18(27-17)11-19(25)24-9-8-15(12-24)22-14-4-2-1-3-5-14/h1-7,10,15,18,22H,8-9,11-12H2,(H,23,26). The summed E-state index contributed by atoms with van der Waals surface area (Å²) in [5, 5.41) is 6.50. The molecule has 2 atom stereocenters. The summed E-state index contributed by atoms with van der Waals surface area (Å²) in [6.07, 6.45) is 1.11. The molecule has 1 fully saturated rings. The van der Waals surface area contributed by atoms with Crippen LogP contribution in [0.1, 0.15) is 12.8 Å². The third-order valence-corrected chi connectivity index (χ3v) is 6.32.